The molecule has 0 atom stereocenters. The van der Waals surface area contributed by atoms with Gasteiger partial charge in [0, 0.05) is 16.6 Å². The van der Waals surface area contributed by atoms with E-state index in [9.17, 15) is 14.9 Å². The van der Waals surface area contributed by atoms with Gasteiger partial charge in [0.05, 0.1) is 10.5 Å². The van der Waals surface area contributed by atoms with Crippen LogP contribution in [0.2, 0.25) is 0 Å². The smallest absolute Gasteiger partial charge is 0.343 e. The Labute approximate surface area is 136 Å². The van der Waals surface area contributed by atoms with Crippen molar-refractivity contribution in [3.63, 3.8) is 0 Å². The molecule has 0 heterocycles. The first-order valence-electron chi connectivity index (χ1n) is 6.64. The molecule has 2 aromatic rings. The van der Waals surface area contributed by atoms with Crippen LogP contribution in [0.5, 0.6) is 5.75 Å². The molecule has 0 amide bonds. The molecule has 0 aliphatic rings. The second-order valence-electron chi connectivity index (χ2n) is 5.03. The van der Waals surface area contributed by atoms with Crippen LogP contribution in [0.15, 0.2) is 46.9 Å². The maximum Gasteiger partial charge on any atom is 0.343 e. The molecule has 0 saturated heterocycles. The molecule has 0 N–H and O–H groups in total. The number of rotatable bonds is 4. The first kappa shape index (κ1) is 16.2. The van der Waals surface area contributed by atoms with E-state index in [2.05, 4.69) is 15.9 Å². The van der Waals surface area contributed by atoms with Crippen molar-refractivity contribution in [1.29, 1.82) is 0 Å². The highest BCUT2D eigenvalue weighted by Crippen LogP contribution is 2.30. The number of non-ortho nitro benzene ring substituents is 1. The normalized spacial score (nSPS) is 10.5. The molecule has 0 aliphatic heterocycles. The number of benzene rings is 2. The van der Waals surface area contributed by atoms with Crippen LogP contribution >= 0.6 is 15.9 Å². The monoisotopic (exact) mass is 363 g/mol. The molecule has 0 radical (unpaired) electrons. The molecular weight excluding hydrogens is 350 g/mol. The molecule has 0 aromatic heterocycles. The van der Waals surface area contributed by atoms with Gasteiger partial charge in [-0.1, -0.05) is 35.8 Å². The Bertz CT molecular complexity index is 728. The quantitative estimate of drug-likeness (QED) is 0.341. The van der Waals surface area contributed by atoms with Gasteiger partial charge in [-0.2, -0.15) is 0 Å². The Morgan fingerprint density at radius 3 is 2.59 bits per heavy atom. The average Bonchev–Trinajstić information content (AvgIpc) is 2.48. The van der Waals surface area contributed by atoms with Crippen LogP contribution in [0.3, 0.4) is 0 Å². The Hall–Kier alpha value is -2.21. The number of carbonyl (C=O) groups excluding carboxylic acids is 1. The zero-order valence-corrected chi connectivity index (χ0v) is 13.7. The number of ether oxygens (including phenoxy) is 1. The predicted molar refractivity (Wildman–Crippen MR) is 86.3 cm³/mol. The second-order valence-corrected chi connectivity index (χ2v) is 5.95. The number of nitrogens with zero attached hydrogens (tertiary/aromatic N) is 1. The fourth-order valence-corrected chi connectivity index (χ4v) is 2.35. The average molecular weight is 364 g/mol. The summed E-state index contributed by atoms with van der Waals surface area (Å²) in [5.41, 5.74) is 0.884. The highest BCUT2D eigenvalue weighted by molar-refractivity contribution is 9.10. The van der Waals surface area contributed by atoms with Crippen LogP contribution < -0.4 is 4.74 Å². The summed E-state index contributed by atoms with van der Waals surface area (Å²) in [7, 11) is 0. The van der Waals surface area contributed by atoms with Gasteiger partial charge in [-0.3, -0.25) is 10.1 Å². The second kappa shape index (κ2) is 6.70. The van der Waals surface area contributed by atoms with E-state index in [1.54, 1.807) is 12.1 Å². The molecule has 2 aromatic carbocycles. The van der Waals surface area contributed by atoms with Crippen molar-refractivity contribution in [2.75, 3.05) is 0 Å². The van der Waals surface area contributed by atoms with Gasteiger partial charge in [0.15, 0.2) is 0 Å². The number of nitro benzene ring substituents is 1. The summed E-state index contributed by atoms with van der Waals surface area (Å²) in [6, 6.07) is 10.9. The summed E-state index contributed by atoms with van der Waals surface area (Å²) in [6.07, 6.45) is 0. The number of halogens is 1. The number of hydrogen-bond donors (Lipinski definition) is 0. The van der Waals surface area contributed by atoms with E-state index in [-0.39, 0.29) is 17.2 Å². The molecule has 0 bridgehead atoms. The number of esters is 1. The molecule has 114 valence electrons. The summed E-state index contributed by atoms with van der Waals surface area (Å²) in [4.78, 5) is 22.4. The summed E-state index contributed by atoms with van der Waals surface area (Å²) in [6.45, 7) is 3.99. The summed E-state index contributed by atoms with van der Waals surface area (Å²) >= 11 is 3.39. The van der Waals surface area contributed by atoms with Crippen LogP contribution in [0, 0.1) is 10.1 Å². The highest BCUT2D eigenvalue weighted by Gasteiger charge is 2.16. The third-order valence-electron chi connectivity index (χ3n) is 3.09. The third kappa shape index (κ3) is 3.71. The number of hydrogen-bond acceptors (Lipinski definition) is 4. The molecule has 2 rings (SSSR count). The molecule has 5 nitrogen and oxygen atoms in total. The van der Waals surface area contributed by atoms with Crippen molar-refractivity contribution in [1.82, 2.24) is 0 Å². The lowest BCUT2D eigenvalue weighted by Crippen LogP contribution is -2.10. The predicted octanol–water partition coefficient (Wildman–Crippen LogP) is 4.70. The van der Waals surface area contributed by atoms with Crippen LogP contribution in [0.1, 0.15) is 35.7 Å². The van der Waals surface area contributed by atoms with Crippen molar-refractivity contribution in [3.05, 3.63) is 68.2 Å². The van der Waals surface area contributed by atoms with Gasteiger partial charge in [-0.15, -0.1) is 0 Å². The van der Waals surface area contributed by atoms with E-state index in [4.69, 9.17) is 4.74 Å². The Balaban J connectivity index is 2.29. The summed E-state index contributed by atoms with van der Waals surface area (Å²) in [5, 5.41) is 10.8. The fourth-order valence-electron chi connectivity index (χ4n) is 1.97. The largest absolute Gasteiger partial charge is 0.423 e. The molecule has 6 heteroatoms. The maximum absolute atomic E-state index is 12.2. The molecule has 0 aliphatic carbocycles. The minimum atomic E-state index is -0.618. The minimum Gasteiger partial charge on any atom is -0.423 e. The SMILES string of the molecule is CC(C)c1cc(Br)ccc1OC(=O)c1cccc([N+](=O)[O-])c1. The lowest BCUT2D eigenvalue weighted by atomic mass is 10.0. The van der Waals surface area contributed by atoms with Gasteiger partial charge in [0.25, 0.3) is 5.69 Å². The Morgan fingerprint density at radius 1 is 1.23 bits per heavy atom. The Kier molecular flexibility index (Phi) is 4.92. The number of nitro groups is 1. The van der Waals surface area contributed by atoms with E-state index in [1.807, 2.05) is 19.9 Å². The van der Waals surface area contributed by atoms with Crippen molar-refractivity contribution >= 4 is 27.6 Å². The first-order valence-corrected chi connectivity index (χ1v) is 7.44. The molecule has 0 saturated carbocycles. The molecule has 0 fully saturated rings. The van der Waals surface area contributed by atoms with Crippen LogP contribution in [-0.4, -0.2) is 10.9 Å². The van der Waals surface area contributed by atoms with E-state index in [0.717, 1.165) is 10.0 Å². The van der Waals surface area contributed by atoms with E-state index >= 15 is 0 Å². The standard InChI is InChI=1S/C16H14BrNO4/c1-10(2)14-9-12(17)6-7-15(14)22-16(19)11-4-3-5-13(8-11)18(20)21/h3-10H,1-2H3. The molecular formula is C16H14BrNO4. The van der Waals surface area contributed by atoms with Crippen molar-refractivity contribution < 1.29 is 14.5 Å². The maximum atomic E-state index is 12.2. The summed E-state index contributed by atoms with van der Waals surface area (Å²) in [5.74, 6) is 0.00744. The molecule has 0 unspecified atom stereocenters. The van der Waals surface area contributed by atoms with Crippen LogP contribution in [-0.2, 0) is 0 Å². The summed E-state index contributed by atoms with van der Waals surface area (Å²) < 4.78 is 6.30. The number of carbonyl (C=O) groups is 1. The van der Waals surface area contributed by atoms with E-state index in [1.165, 1.54) is 24.3 Å². The van der Waals surface area contributed by atoms with Crippen molar-refractivity contribution in [2.45, 2.75) is 19.8 Å². The first-order chi connectivity index (χ1) is 10.4. The fraction of sp³-hybridized carbons (Fsp3) is 0.188. The molecule has 0 spiro atoms. The van der Waals surface area contributed by atoms with Gasteiger partial charge >= 0.3 is 5.97 Å². The highest BCUT2D eigenvalue weighted by atomic mass is 79.9. The van der Waals surface area contributed by atoms with Crippen molar-refractivity contribution in [2.24, 2.45) is 0 Å². The van der Waals surface area contributed by atoms with Gasteiger partial charge < -0.3 is 4.74 Å². The molecule has 22 heavy (non-hydrogen) atoms. The van der Waals surface area contributed by atoms with Crippen molar-refractivity contribution in [3.8, 4) is 5.75 Å². The van der Waals surface area contributed by atoms with Gasteiger partial charge in [-0.25, -0.2) is 4.79 Å². The minimum absolute atomic E-state index is 0.144. The lowest BCUT2D eigenvalue weighted by Gasteiger charge is -2.13. The van der Waals surface area contributed by atoms with Gasteiger partial charge in [0.1, 0.15) is 5.75 Å². The zero-order valence-electron chi connectivity index (χ0n) is 12.1. The van der Waals surface area contributed by atoms with E-state index < -0.39 is 10.9 Å². The van der Waals surface area contributed by atoms with Gasteiger partial charge in [-0.05, 0) is 35.7 Å². The van der Waals surface area contributed by atoms with Crippen LogP contribution in [0.25, 0.3) is 0 Å². The van der Waals surface area contributed by atoms with Crippen LogP contribution in [0.4, 0.5) is 5.69 Å². The van der Waals surface area contributed by atoms with E-state index in [0.29, 0.717) is 5.75 Å². The third-order valence-corrected chi connectivity index (χ3v) is 3.58. The zero-order chi connectivity index (χ0) is 16.3. The lowest BCUT2D eigenvalue weighted by molar-refractivity contribution is -0.384. The van der Waals surface area contributed by atoms with Gasteiger partial charge in [0.2, 0.25) is 0 Å². The topological polar surface area (TPSA) is 69.4 Å². The Morgan fingerprint density at radius 2 is 1.95 bits per heavy atom.